The molecule has 0 amide bonds. The smallest absolute Gasteiger partial charge is 0.277 e. The fourth-order valence-electron chi connectivity index (χ4n) is 2.49. The molecule has 2 aromatic rings. The number of nitro groups is 1. The van der Waals surface area contributed by atoms with E-state index >= 15 is 0 Å². The highest BCUT2D eigenvalue weighted by molar-refractivity contribution is 5.94. The summed E-state index contributed by atoms with van der Waals surface area (Å²) in [7, 11) is 0. The van der Waals surface area contributed by atoms with E-state index in [1.54, 1.807) is 12.1 Å². The number of rotatable bonds is 1. The second-order valence-corrected chi connectivity index (χ2v) is 4.26. The zero-order valence-electron chi connectivity index (χ0n) is 9.27. The van der Waals surface area contributed by atoms with Crippen LogP contribution < -0.4 is 5.32 Å². The molecule has 0 bridgehead atoms. The van der Waals surface area contributed by atoms with Gasteiger partial charge in [-0.05, 0) is 35.5 Å². The highest BCUT2D eigenvalue weighted by atomic mass is 16.6. The van der Waals surface area contributed by atoms with Crippen molar-refractivity contribution in [3.63, 3.8) is 0 Å². The molecule has 0 aliphatic carbocycles. The summed E-state index contributed by atoms with van der Waals surface area (Å²) in [6.07, 6.45) is 0.994. The minimum Gasteiger partial charge on any atom is -0.312 e. The van der Waals surface area contributed by atoms with E-state index in [0.29, 0.717) is 0 Å². The van der Waals surface area contributed by atoms with Gasteiger partial charge >= 0.3 is 0 Å². The minimum atomic E-state index is -0.315. The Morgan fingerprint density at radius 2 is 2.06 bits per heavy atom. The molecule has 0 unspecified atom stereocenters. The van der Waals surface area contributed by atoms with Crippen LogP contribution in [0, 0.1) is 10.1 Å². The fraction of sp³-hybridized carbons (Fsp3) is 0.231. The van der Waals surface area contributed by atoms with Crippen LogP contribution in [0.25, 0.3) is 10.8 Å². The van der Waals surface area contributed by atoms with E-state index in [1.165, 1.54) is 11.1 Å². The third-order valence-corrected chi connectivity index (χ3v) is 3.32. The fourth-order valence-corrected chi connectivity index (χ4v) is 2.49. The molecule has 0 saturated heterocycles. The van der Waals surface area contributed by atoms with Crippen molar-refractivity contribution in [2.75, 3.05) is 6.54 Å². The molecule has 0 spiro atoms. The van der Waals surface area contributed by atoms with E-state index in [-0.39, 0.29) is 10.6 Å². The van der Waals surface area contributed by atoms with Crippen LogP contribution in [0.4, 0.5) is 5.69 Å². The quantitative estimate of drug-likeness (QED) is 0.602. The third kappa shape index (κ3) is 1.57. The van der Waals surface area contributed by atoms with Gasteiger partial charge in [-0.3, -0.25) is 10.1 Å². The second kappa shape index (κ2) is 3.82. The van der Waals surface area contributed by atoms with E-state index in [1.807, 2.05) is 18.2 Å². The van der Waals surface area contributed by atoms with Gasteiger partial charge in [0.2, 0.25) is 0 Å². The molecule has 1 aliphatic heterocycles. The van der Waals surface area contributed by atoms with Crippen LogP contribution in [0.3, 0.4) is 0 Å². The van der Waals surface area contributed by atoms with E-state index in [0.717, 1.165) is 30.3 Å². The highest BCUT2D eigenvalue weighted by Crippen LogP contribution is 2.30. The molecule has 1 aliphatic rings. The number of nitrogens with zero attached hydrogens (tertiary/aromatic N) is 1. The van der Waals surface area contributed by atoms with Crippen molar-refractivity contribution < 1.29 is 4.92 Å². The monoisotopic (exact) mass is 228 g/mol. The lowest BCUT2D eigenvalue weighted by atomic mass is 9.94. The maximum atomic E-state index is 11.0. The van der Waals surface area contributed by atoms with Gasteiger partial charge in [-0.1, -0.05) is 18.2 Å². The molecule has 3 rings (SSSR count). The van der Waals surface area contributed by atoms with Crippen LogP contribution in [0.15, 0.2) is 30.3 Å². The van der Waals surface area contributed by atoms with Crippen molar-refractivity contribution >= 4 is 16.5 Å². The summed E-state index contributed by atoms with van der Waals surface area (Å²) in [4.78, 5) is 10.7. The molecule has 1 N–H and O–H groups in total. The third-order valence-electron chi connectivity index (χ3n) is 3.32. The van der Waals surface area contributed by atoms with E-state index in [4.69, 9.17) is 0 Å². The van der Waals surface area contributed by atoms with Crippen LogP contribution >= 0.6 is 0 Å². The standard InChI is InChI=1S/C13H12N2O2/c16-15(17)13-3-1-2-10-11(13)5-4-9-6-7-14-8-12(9)10/h1-5,14H,6-8H2. The predicted molar refractivity (Wildman–Crippen MR) is 66.0 cm³/mol. The van der Waals surface area contributed by atoms with Crippen molar-refractivity contribution in [2.45, 2.75) is 13.0 Å². The molecule has 2 aromatic carbocycles. The summed E-state index contributed by atoms with van der Waals surface area (Å²) >= 11 is 0. The average molecular weight is 228 g/mol. The predicted octanol–water partition coefficient (Wildman–Crippen LogP) is 2.39. The van der Waals surface area contributed by atoms with Gasteiger partial charge in [0.15, 0.2) is 0 Å². The van der Waals surface area contributed by atoms with Crippen molar-refractivity contribution in [1.29, 1.82) is 0 Å². The molecule has 0 atom stereocenters. The van der Waals surface area contributed by atoms with Crippen LogP contribution in [0.5, 0.6) is 0 Å². The summed E-state index contributed by atoms with van der Waals surface area (Å²) in [6.45, 7) is 1.78. The first-order valence-electron chi connectivity index (χ1n) is 5.66. The molecule has 0 fully saturated rings. The van der Waals surface area contributed by atoms with Gasteiger partial charge in [0, 0.05) is 12.6 Å². The van der Waals surface area contributed by atoms with Gasteiger partial charge in [-0.25, -0.2) is 0 Å². The number of hydrogen-bond acceptors (Lipinski definition) is 3. The molecule has 86 valence electrons. The summed E-state index contributed by atoms with van der Waals surface area (Å²) in [6, 6.07) is 9.18. The Morgan fingerprint density at radius 1 is 1.18 bits per heavy atom. The Morgan fingerprint density at radius 3 is 2.88 bits per heavy atom. The summed E-state index contributed by atoms with van der Waals surface area (Å²) < 4.78 is 0. The summed E-state index contributed by atoms with van der Waals surface area (Å²) in [5.74, 6) is 0. The first kappa shape index (κ1) is 10.2. The van der Waals surface area contributed by atoms with Crippen LogP contribution in [-0.2, 0) is 13.0 Å². The first-order chi connectivity index (χ1) is 8.27. The number of hydrogen-bond donors (Lipinski definition) is 1. The zero-order valence-corrected chi connectivity index (χ0v) is 9.27. The molecular weight excluding hydrogens is 216 g/mol. The number of fused-ring (bicyclic) bond motifs is 3. The Kier molecular flexibility index (Phi) is 2.30. The van der Waals surface area contributed by atoms with Gasteiger partial charge < -0.3 is 5.32 Å². The van der Waals surface area contributed by atoms with E-state index in [2.05, 4.69) is 5.32 Å². The first-order valence-corrected chi connectivity index (χ1v) is 5.66. The molecular formula is C13H12N2O2. The van der Waals surface area contributed by atoms with Gasteiger partial charge in [0.25, 0.3) is 5.69 Å². The van der Waals surface area contributed by atoms with Crippen LogP contribution in [0.1, 0.15) is 11.1 Å². The van der Waals surface area contributed by atoms with Gasteiger partial charge in [-0.2, -0.15) is 0 Å². The van der Waals surface area contributed by atoms with Crippen molar-refractivity contribution in [3.05, 3.63) is 51.6 Å². The lowest BCUT2D eigenvalue weighted by Crippen LogP contribution is -2.23. The SMILES string of the molecule is O=[N+]([O-])c1cccc2c3c(ccc12)CCNC3. The maximum absolute atomic E-state index is 11.0. The molecule has 17 heavy (non-hydrogen) atoms. The number of non-ortho nitro benzene ring substituents is 1. The van der Waals surface area contributed by atoms with Gasteiger partial charge in [-0.15, -0.1) is 0 Å². The van der Waals surface area contributed by atoms with Crippen molar-refractivity contribution in [1.82, 2.24) is 5.32 Å². The highest BCUT2D eigenvalue weighted by Gasteiger charge is 2.17. The lowest BCUT2D eigenvalue weighted by molar-refractivity contribution is -0.383. The molecule has 0 radical (unpaired) electrons. The van der Waals surface area contributed by atoms with Crippen LogP contribution in [0.2, 0.25) is 0 Å². The molecule has 1 heterocycles. The van der Waals surface area contributed by atoms with Crippen LogP contribution in [-0.4, -0.2) is 11.5 Å². The minimum absolute atomic E-state index is 0.191. The molecule has 0 saturated carbocycles. The zero-order chi connectivity index (χ0) is 11.8. The van der Waals surface area contributed by atoms with Gasteiger partial charge in [0.05, 0.1) is 10.3 Å². The summed E-state index contributed by atoms with van der Waals surface area (Å²) in [5, 5.41) is 16.0. The van der Waals surface area contributed by atoms with E-state index in [9.17, 15) is 10.1 Å². The van der Waals surface area contributed by atoms with Crippen molar-refractivity contribution in [3.8, 4) is 0 Å². The largest absolute Gasteiger partial charge is 0.312 e. The lowest BCUT2D eigenvalue weighted by Gasteiger charge is -2.18. The number of nitrogens with one attached hydrogen (secondary N) is 1. The average Bonchev–Trinajstić information content (AvgIpc) is 2.37. The maximum Gasteiger partial charge on any atom is 0.277 e. The normalized spacial score (nSPS) is 14.6. The molecule has 0 aromatic heterocycles. The molecule has 4 nitrogen and oxygen atoms in total. The Bertz CT molecular complexity index is 608. The van der Waals surface area contributed by atoms with E-state index < -0.39 is 0 Å². The van der Waals surface area contributed by atoms with Gasteiger partial charge in [0.1, 0.15) is 0 Å². The number of benzene rings is 2. The Labute approximate surface area is 98.4 Å². The molecule has 4 heteroatoms. The number of nitro benzene ring substituents is 1. The second-order valence-electron chi connectivity index (χ2n) is 4.26. The summed E-state index contributed by atoms with van der Waals surface area (Å²) in [5.41, 5.74) is 2.70. The Balaban J connectivity index is 2.34. The Hall–Kier alpha value is -1.94. The van der Waals surface area contributed by atoms with Crippen molar-refractivity contribution in [2.24, 2.45) is 0 Å². The topological polar surface area (TPSA) is 55.2 Å².